The Morgan fingerprint density at radius 2 is 2.09 bits per heavy atom. The highest BCUT2D eigenvalue weighted by Gasteiger charge is 2.11. The lowest BCUT2D eigenvalue weighted by Gasteiger charge is -2.10. The van der Waals surface area contributed by atoms with E-state index in [1.54, 1.807) is 12.1 Å². The van der Waals surface area contributed by atoms with E-state index in [0.717, 1.165) is 0 Å². The van der Waals surface area contributed by atoms with Crippen molar-refractivity contribution in [2.24, 2.45) is 0 Å². The fourth-order valence-electron chi connectivity index (χ4n) is 1.83. The van der Waals surface area contributed by atoms with Gasteiger partial charge in [-0.15, -0.1) is 0 Å². The lowest BCUT2D eigenvalue weighted by atomic mass is 10.2. The molecule has 0 aliphatic rings. The number of aliphatic hydroxyl groups excluding tert-OH is 1. The van der Waals surface area contributed by atoms with Gasteiger partial charge in [-0.2, -0.15) is 0 Å². The first-order chi connectivity index (χ1) is 10.6. The van der Waals surface area contributed by atoms with Crippen molar-refractivity contribution in [2.45, 2.75) is 18.9 Å². The van der Waals surface area contributed by atoms with Gasteiger partial charge in [-0.1, -0.05) is 0 Å². The van der Waals surface area contributed by atoms with Gasteiger partial charge in [-0.3, -0.25) is 4.79 Å². The SMILES string of the molecule is O=C(CCCOc1ccc(F)cc1)NCC(O)c1ccco1. The molecule has 2 N–H and O–H groups in total. The van der Waals surface area contributed by atoms with E-state index in [0.29, 0.717) is 24.5 Å². The monoisotopic (exact) mass is 307 g/mol. The maximum Gasteiger partial charge on any atom is 0.220 e. The summed E-state index contributed by atoms with van der Waals surface area (Å²) in [4.78, 5) is 11.6. The van der Waals surface area contributed by atoms with Crippen LogP contribution in [0.25, 0.3) is 0 Å². The van der Waals surface area contributed by atoms with Crippen LogP contribution in [0.15, 0.2) is 47.1 Å². The molecule has 2 aromatic rings. The molecule has 1 atom stereocenters. The average molecular weight is 307 g/mol. The minimum atomic E-state index is -0.852. The van der Waals surface area contributed by atoms with Crippen molar-refractivity contribution in [1.82, 2.24) is 5.32 Å². The number of halogens is 1. The van der Waals surface area contributed by atoms with Crippen LogP contribution >= 0.6 is 0 Å². The first-order valence-electron chi connectivity index (χ1n) is 7.01. The molecule has 6 heteroatoms. The van der Waals surface area contributed by atoms with E-state index in [4.69, 9.17) is 9.15 Å². The van der Waals surface area contributed by atoms with Gasteiger partial charge in [0.2, 0.25) is 5.91 Å². The Hall–Kier alpha value is -2.34. The lowest BCUT2D eigenvalue weighted by Crippen LogP contribution is -2.28. The van der Waals surface area contributed by atoms with Crippen molar-refractivity contribution in [3.05, 3.63) is 54.2 Å². The van der Waals surface area contributed by atoms with E-state index in [1.807, 2.05) is 0 Å². The van der Waals surface area contributed by atoms with Crippen LogP contribution in [0, 0.1) is 5.82 Å². The molecular formula is C16H18FNO4. The summed E-state index contributed by atoms with van der Waals surface area (Å²) < 4.78 is 23.1. The first-order valence-corrected chi connectivity index (χ1v) is 7.01. The second-order valence-electron chi connectivity index (χ2n) is 4.74. The standard InChI is InChI=1S/C16H18FNO4/c17-12-5-7-13(8-6-12)21-9-2-4-16(20)18-11-14(19)15-3-1-10-22-15/h1,3,5-8,10,14,19H,2,4,9,11H2,(H,18,20). The van der Waals surface area contributed by atoms with Crippen molar-refractivity contribution in [3.8, 4) is 5.75 Å². The minimum absolute atomic E-state index is 0.102. The number of ether oxygens (including phenoxy) is 1. The van der Waals surface area contributed by atoms with Gasteiger partial charge in [0, 0.05) is 6.42 Å². The zero-order valence-electron chi connectivity index (χ0n) is 12.0. The summed E-state index contributed by atoms with van der Waals surface area (Å²) in [6.45, 7) is 0.463. The van der Waals surface area contributed by atoms with E-state index in [2.05, 4.69) is 5.32 Å². The lowest BCUT2D eigenvalue weighted by molar-refractivity contribution is -0.121. The molecule has 0 spiro atoms. The Labute approximate surface area is 127 Å². The number of furan rings is 1. The summed E-state index contributed by atoms with van der Waals surface area (Å²) in [5, 5.41) is 12.4. The zero-order chi connectivity index (χ0) is 15.8. The number of hydrogen-bond donors (Lipinski definition) is 2. The smallest absolute Gasteiger partial charge is 0.220 e. The maximum atomic E-state index is 12.7. The van der Waals surface area contributed by atoms with E-state index < -0.39 is 6.10 Å². The molecule has 1 aromatic heterocycles. The third-order valence-corrected chi connectivity index (χ3v) is 2.99. The topological polar surface area (TPSA) is 71.7 Å². The normalized spacial score (nSPS) is 11.9. The Morgan fingerprint density at radius 1 is 1.32 bits per heavy atom. The molecule has 1 aromatic carbocycles. The van der Waals surface area contributed by atoms with Gasteiger partial charge in [0.25, 0.3) is 0 Å². The van der Waals surface area contributed by atoms with Crippen molar-refractivity contribution in [3.63, 3.8) is 0 Å². The Bertz CT molecular complexity index is 568. The predicted molar refractivity (Wildman–Crippen MR) is 77.8 cm³/mol. The van der Waals surface area contributed by atoms with Gasteiger partial charge < -0.3 is 19.6 Å². The summed E-state index contributed by atoms with van der Waals surface area (Å²) in [6, 6.07) is 9.03. The molecule has 0 bridgehead atoms. The van der Waals surface area contributed by atoms with Gasteiger partial charge in [0.05, 0.1) is 19.4 Å². The van der Waals surface area contributed by atoms with Crippen LogP contribution in [0.3, 0.4) is 0 Å². The molecule has 0 saturated carbocycles. The van der Waals surface area contributed by atoms with Crippen LogP contribution in [0.1, 0.15) is 24.7 Å². The van der Waals surface area contributed by atoms with Gasteiger partial charge >= 0.3 is 0 Å². The predicted octanol–water partition coefficient (Wildman–Crippen LogP) is 2.43. The van der Waals surface area contributed by atoms with E-state index in [9.17, 15) is 14.3 Å². The third kappa shape index (κ3) is 5.21. The molecule has 2 rings (SSSR count). The zero-order valence-corrected chi connectivity index (χ0v) is 12.0. The largest absolute Gasteiger partial charge is 0.494 e. The van der Waals surface area contributed by atoms with E-state index in [-0.39, 0.29) is 24.7 Å². The highest BCUT2D eigenvalue weighted by Crippen LogP contribution is 2.12. The van der Waals surface area contributed by atoms with Gasteiger partial charge in [-0.05, 0) is 42.8 Å². The van der Waals surface area contributed by atoms with Crippen LogP contribution in [0.5, 0.6) is 5.75 Å². The summed E-state index contributed by atoms with van der Waals surface area (Å²) in [5.74, 6) is 0.491. The van der Waals surface area contributed by atoms with E-state index >= 15 is 0 Å². The molecule has 0 radical (unpaired) electrons. The van der Waals surface area contributed by atoms with Crippen molar-refractivity contribution in [1.29, 1.82) is 0 Å². The fourth-order valence-corrected chi connectivity index (χ4v) is 1.83. The summed E-state index contributed by atoms with van der Waals surface area (Å²) in [7, 11) is 0. The second kappa shape index (κ2) is 8.19. The van der Waals surface area contributed by atoms with Gasteiger partial charge in [-0.25, -0.2) is 4.39 Å². The Kier molecular flexibility index (Phi) is 5.97. The average Bonchev–Trinajstić information content (AvgIpc) is 3.05. The van der Waals surface area contributed by atoms with Crippen molar-refractivity contribution >= 4 is 5.91 Å². The molecule has 0 aliphatic carbocycles. The Morgan fingerprint density at radius 3 is 2.77 bits per heavy atom. The summed E-state index contributed by atoms with van der Waals surface area (Å²) in [5.41, 5.74) is 0. The quantitative estimate of drug-likeness (QED) is 0.735. The maximum absolute atomic E-state index is 12.7. The molecular weight excluding hydrogens is 289 g/mol. The molecule has 22 heavy (non-hydrogen) atoms. The molecule has 1 unspecified atom stereocenters. The molecule has 5 nitrogen and oxygen atoms in total. The summed E-state index contributed by atoms with van der Waals surface area (Å²) in [6.07, 6.45) is 1.42. The molecule has 0 saturated heterocycles. The van der Waals surface area contributed by atoms with Crippen LogP contribution in [0.4, 0.5) is 4.39 Å². The van der Waals surface area contributed by atoms with Crippen LogP contribution in [-0.2, 0) is 4.79 Å². The number of benzene rings is 1. The number of carbonyl (C=O) groups excluding carboxylic acids is 1. The van der Waals surface area contributed by atoms with Gasteiger partial charge in [0.15, 0.2) is 0 Å². The molecule has 1 heterocycles. The van der Waals surface area contributed by atoms with Crippen LogP contribution in [0.2, 0.25) is 0 Å². The number of carbonyl (C=O) groups is 1. The first kappa shape index (κ1) is 16.0. The van der Waals surface area contributed by atoms with Crippen molar-refractivity contribution < 1.29 is 23.4 Å². The third-order valence-electron chi connectivity index (χ3n) is 2.99. The fraction of sp³-hybridized carbons (Fsp3) is 0.312. The number of nitrogens with one attached hydrogen (secondary N) is 1. The molecule has 0 fully saturated rings. The summed E-state index contributed by atoms with van der Waals surface area (Å²) >= 11 is 0. The van der Waals surface area contributed by atoms with Gasteiger partial charge in [0.1, 0.15) is 23.4 Å². The van der Waals surface area contributed by atoms with Crippen LogP contribution in [-0.4, -0.2) is 24.2 Å². The second-order valence-corrected chi connectivity index (χ2v) is 4.74. The number of aliphatic hydroxyl groups is 1. The molecule has 0 aliphatic heterocycles. The Balaban J connectivity index is 1.58. The minimum Gasteiger partial charge on any atom is -0.494 e. The molecule has 118 valence electrons. The van der Waals surface area contributed by atoms with E-state index in [1.165, 1.54) is 30.5 Å². The molecule has 1 amide bonds. The highest BCUT2D eigenvalue weighted by atomic mass is 19.1. The number of rotatable bonds is 8. The highest BCUT2D eigenvalue weighted by molar-refractivity contribution is 5.75. The van der Waals surface area contributed by atoms with Crippen LogP contribution < -0.4 is 10.1 Å². The van der Waals surface area contributed by atoms with Crippen molar-refractivity contribution in [2.75, 3.05) is 13.2 Å². The number of hydrogen-bond acceptors (Lipinski definition) is 4. The number of amides is 1.